The first-order valence-electron chi connectivity index (χ1n) is 11.7. The summed E-state index contributed by atoms with van der Waals surface area (Å²) in [4.78, 5) is 3.99. The van der Waals surface area contributed by atoms with E-state index in [2.05, 4.69) is 20.3 Å². The molecule has 3 aromatic rings. The summed E-state index contributed by atoms with van der Waals surface area (Å²) < 4.78 is 74.2. The lowest BCUT2D eigenvalue weighted by atomic mass is 9.53. The summed E-state index contributed by atoms with van der Waals surface area (Å²) in [5, 5.41) is 12.3. The highest BCUT2D eigenvalue weighted by molar-refractivity contribution is 5.61. The van der Waals surface area contributed by atoms with Gasteiger partial charge in [-0.25, -0.2) is 0 Å². The zero-order valence-corrected chi connectivity index (χ0v) is 20.1. The summed E-state index contributed by atoms with van der Waals surface area (Å²) in [6, 6.07) is 5.34. The summed E-state index contributed by atoms with van der Waals surface area (Å²) in [6.45, 7) is 4.72. The molecule has 0 amide bonds. The van der Waals surface area contributed by atoms with Crippen LogP contribution in [0.2, 0.25) is 0 Å². The fourth-order valence-electron chi connectivity index (χ4n) is 5.42. The molecule has 0 saturated heterocycles. The van der Waals surface area contributed by atoms with E-state index in [0.29, 0.717) is 50.2 Å². The summed E-state index contributed by atoms with van der Waals surface area (Å²) in [5.41, 5.74) is -1.53. The molecule has 2 heterocycles. The number of nitrogens with zero attached hydrogens (tertiary/aromatic N) is 5. The van der Waals surface area contributed by atoms with Crippen LogP contribution in [-0.4, -0.2) is 24.9 Å². The molecule has 6 nitrogen and oxygen atoms in total. The van der Waals surface area contributed by atoms with Crippen LogP contribution < -0.4 is 0 Å². The lowest BCUT2D eigenvalue weighted by molar-refractivity contribution is -0.137. The highest BCUT2D eigenvalue weighted by Crippen LogP contribution is 2.58. The van der Waals surface area contributed by atoms with Gasteiger partial charge in [0.25, 0.3) is 5.89 Å². The van der Waals surface area contributed by atoms with Crippen molar-refractivity contribution in [2.45, 2.75) is 82.2 Å². The molecular weight excluding hydrogens is 469 g/mol. The van der Waals surface area contributed by atoms with Crippen molar-refractivity contribution < 1.29 is 26.5 Å². The average Bonchev–Trinajstić information content (AvgIpc) is 3.49. The van der Waals surface area contributed by atoms with Crippen molar-refractivity contribution in [3.63, 3.8) is 0 Å². The summed E-state index contributed by atoms with van der Waals surface area (Å²) in [7, 11) is 1.69. The third-order valence-corrected chi connectivity index (χ3v) is 7.34. The molecule has 190 valence electrons. The number of fused-ring (bicyclic) bond motifs is 3. The van der Waals surface area contributed by atoms with Crippen LogP contribution in [0.3, 0.4) is 0 Å². The van der Waals surface area contributed by atoms with E-state index < -0.39 is 29.0 Å². The molecule has 11 heteroatoms. The smallest absolute Gasteiger partial charge is 0.333 e. The first kappa shape index (κ1) is 25.2. The van der Waals surface area contributed by atoms with Gasteiger partial charge in [0.2, 0.25) is 0 Å². The van der Waals surface area contributed by atoms with Crippen LogP contribution in [0.15, 0.2) is 28.8 Å². The van der Waals surface area contributed by atoms with Crippen LogP contribution in [0.25, 0.3) is 11.4 Å². The molecule has 2 bridgehead atoms. The predicted octanol–water partition coefficient (Wildman–Crippen LogP) is 6.57. The Hall–Kier alpha value is -2.85. The quantitative estimate of drug-likeness (QED) is 0.382. The summed E-state index contributed by atoms with van der Waals surface area (Å²) in [6.07, 6.45) is -0.479. The van der Waals surface area contributed by atoms with Crippen LogP contribution >= 0.6 is 0 Å². The van der Waals surface area contributed by atoms with Gasteiger partial charge in [-0.05, 0) is 44.6 Å². The molecule has 0 radical (unpaired) electrons. The van der Waals surface area contributed by atoms with Crippen LogP contribution in [0.4, 0.5) is 22.0 Å². The van der Waals surface area contributed by atoms with Crippen LogP contribution in [0, 0.1) is 0 Å². The Morgan fingerprint density at radius 1 is 0.886 bits per heavy atom. The number of benzene rings is 1. The maximum absolute atomic E-state index is 13.6. The number of hydrogen-bond acceptors (Lipinski definition) is 5. The molecule has 2 aromatic heterocycles. The van der Waals surface area contributed by atoms with Gasteiger partial charge in [0.15, 0.2) is 11.6 Å². The molecule has 6 rings (SSSR count). The van der Waals surface area contributed by atoms with Crippen LogP contribution in [0.1, 0.15) is 82.4 Å². The summed E-state index contributed by atoms with van der Waals surface area (Å²) in [5.74, 6) is -2.75. The number of alkyl halides is 5. The Kier molecular flexibility index (Phi) is 6.25. The first-order valence-corrected chi connectivity index (χ1v) is 11.7. The van der Waals surface area contributed by atoms with Gasteiger partial charge in [-0.2, -0.15) is 26.9 Å². The van der Waals surface area contributed by atoms with Gasteiger partial charge in [0.1, 0.15) is 5.82 Å². The van der Waals surface area contributed by atoms with Gasteiger partial charge in [-0.1, -0.05) is 37.2 Å². The lowest BCUT2D eigenvalue weighted by Gasteiger charge is -2.51. The fraction of sp³-hybridized carbons (Fsp3) is 0.583. The van der Waals surface area contributed by atoms with E-state index in [0.717, 1.165) is 13.0 Å². The molecule has 0 N–H and O–H groups in total. The zero-order valence-electron chi connectivity index (χ0n) is 20.1. The maximum atomic E-state index is 13.6. The minimum Gasteiger partial charge on any atom is -0.333 e. The van der Waals surface area contributed by atoms with Crippen molar-refractivity contribution in [1.29, 1.82) is 0 Å². The number of aromatic nitrogens is 5. The third-order valence-electron chi connectivity index (χ3n) is 7.34. The Balaban J connectivity index is 0.00000141. The Morgan fingerprint density at radius 2 is 1.46 bits per heavy atom. The van der Waals surface area contributed by atoms with Crippen molar-refractivity contribution in [2.75, 3.05) is 0 Å². The second kappa shape index (κ2) is 8.67. The number of halogens is 5. The Morgan fingerprint density at radius 3 is 2.00 bits per heavy atom. The predicted molar refractivity (Wildman–Crippen MR) is 118 cm³/mol. The molecule has 0 unspecified atom stereocenters. The van der Waals surface area contributed by atoms with E-state index in [1.807, 2.05) is 13.8 Å². The van der Waals surface area contributed by atoms with Gasteiger partial charge < -0.3 is 9.09 Å². The van der Waals surface area contributed by atoms with E-state index in [-0.39, 0.29) is 16.8 Å². The van der Waals surface area contributed by atoms with E-state index in [4.69, 9.17) is 4.52 Å². The van der Waals surface area contributed by atoms with Crippen molar-refractivity contribution in [2.24, 2.45) is 7.05 Å². The maximum Gasteiger partial charge on any atom is 0.417 e. The second-order valence-corrected chi connectivity index (χ2v) is 9.32. The van der Waals surface area contributed by atoms with E-state index in [1.165, 1.54) is 12.1 Å². The topological polar surface area (TPSA) is 69.6 Å². The zero-order chi connectivity index (χ0) is 25.6. The van der Waals surface area contributed by atoms with Crippen molar-refractivity contribution in [3.8, 4) is 11.4 Å². The number of rotatable bonds is 4. The van der Waals surface area contributed by atoms with Gasteiger partial charge >= 0.3 is 12.1 Å². The van der Waals surface area contributed by atoms with Gasteiger partial charge in [-0.15, -0.1) is 10.2 Å². The SMILES string of the molecule is CC.Cn1c(-c2ccccc2C(F)(F)F)nnc1C12CCC(c3noc(C(C)(F)F)n3)(CC1)CC2. The summed E-state index contributed by atoms with van der Waals surface area (Å²) >= 11 is 0. The Labute approximate surface area is 199 Å². The first-order chi connectivity index (χ1) is 16.5. The van der Waals surface area contributed by atoms with Gasteiger partial charge in [0, 0.05) is 30.4 Å². The lowest BCUT2D eigenvalue weighted by Crippen LogP contribution is -2.48. The molecule has 35 heavy (non-hydrogen) atoms. The molecule has 3 aliphatic carbocycles. The average molecular weight is 498 g/mol. The van der Waals surface area contributed by atoms with Crippen molar-refractivity contribution in [3.05, 3.63) is 47.4 Å². The van der Waals surface area contributed by atoms with Crippen LogP contribution in [-0.2, 0) is 30.0 Å². The van der Waals surface area contributed by atoms with Crippen molar-refractivity contribution >= 4 is 0 Å². The molecule has 3 fully saturated rings. The normalized spacial score (nSPS) is 24.3. The molecule has 0 atom stereocenters. The minimum atomic E-state index is -4.50. The largest absolute Gasteiger partial charge is 0.417 e. The minimum absolute atomic E-state index is 0.0107. The molecule has 3 aliphatic rings. The van der Waals surface area contributed by atoms with Gasteiger partial charge in [-0.3, -0.25) is 0 Å². The van der Waals surface area contributed by atoms with Crippen molar-refractivity contribution in [1.82, 2.24) is 24.9 Å². The molecule has 0 aliphatic heterocycles. The third kappa shape index (κ3) is 4.23. The van der Waals surface area contributed by atoms with E-state index >= 15 is 0 Å². The fourth-order valence-corrected chi connectivity index (χ4v) is 5.42. The van der Waals surface area contributed by atoms with E-state index in [1.54, 1.807) is 17.7 Å². The highest BCUT2D eigenvalue weighted by atomic mass is 19.4. The number of hydrogen-bond donors (Lipinski definition) is 0. The van der Waals surface area contributed by atoms with Gasteiger partial charge in [0.05, 0.1) is 5.56 Å². The Bertz CT molecular complexity index is 1170. The van der Waals surface area contributed by atoms with Crippen LogP contribution in [0.5, 0.6) is 0 Å². The standard InChI is InChI=1S/C22H22F5N5O.C2H6/c1-19(23,24)18-28-16(31-33-18)20-7-10-21(11-8-20,12-9-20)17-30-29-15(32(17)2)13-5-3-4-6-14(13)22(25,26)27;1-2/h3-6H,7-12H2,1-2H3;1-2H3. The molecule has 3 saturated carbocycles. The monoisotopic (exact) mass is 497 g/mol. The molecule has 0 spiro atoms. The molecule has 1 aromatic carbocycles. The highest BCUT2D eigenvalue weighted by Gasteiger charge is 2.54. The van der Waals surface area contributed by atoms with E-state index in [9.17, 15) is 22.0 Å². The molecular formula is C24H28F5N5O. The second-order valence-electron chi connectivity index (χ2n) is 9.32.